The van der Waals surface area contributed by atoms with Crippen LogP contribution >= 0.6 is 12.6 Å². The highest BCUT2D eigenvalue weighted by Crippen LogP contribution is 2.06. The van der Waals surface area contributed by atoms with E-state index in [1.54, 1.807) is 0 Å². The standard InChI is InChI=1S/C10H13NOS/c11-6-5-8-1-3-9(4-2-8)10(12)7-13/h1-4,13H,5-7,11H2. The van der Waals surface area contributed by atoms with Crippen molar-refractivity contribution in [1.82, 2.24) is 0 Å². The van der Waals surface area contributed by atoms with Gasteiger partial charge in [-0.05, 0) is 18.5 Å². The molecule has 2 nitrogen and oxygen atoms in total. The Hall–Kier alpha value is -0.800. The maximum absolute atomic E-state index is 11.2. The molecular weight excluding hydrogens is 182 g/mol. The average Bonchev–Trinajstić information content (AvgIpc) is 2.18. The topological polar surface area (TPSA) is 43.1 Å². The number of hydrogen-bond donors (Lipinski definition) is 2. The van der Waals surface area contributed by atoms with Gasteiger partial charge in [-0.2, -0.15) is 12.6 Å². The van der Waals surface area contributed by atoms with E-state index in [0.717, 1.165) is 12.0 Å². The predicted octanol–water partition coefficient (Wildman–Crippen LogP) is 1.30. The van der Waals surface area contributed by atoms with Gasteiger partial charge in [0.1, 0.15) is 0 Å². The molecule has 1 aromatic rings. The molecule has 2 N–H and O–H groups in total. The van der Waals surface area contributed by atoms with Crippen LogP contribution in [0.3, 0.4) is 0 Å². The van der Waals surface area contributed by atoms with Crippen molar-refractivity contribution in [3.8, 4) is 0 Å². The van der Waals surface area contributed by atoms with Crippen LogP contribution in [0.1, 0.15) is 15.9 Å². The summed E-state index contributed by atoms with van der Waals surface area (Å²) in [4.78, 5) is 11.2. The molecule has 0 saturated carbocycles. The maximum Gasteiger partial charge on any atom is 0.172 e. The fourth-order valence-corrected chi connectivity index (χ4v) is 1.30. The highest BCUT2D eigenvalue weighted by molar-refractivity contribution is 7.81. The van der Waals surface area contributed by atoms with E-state index < -0.39 is 0 Å². The summed E-state index contributed by atoms with van der Waals surface area (Å²) in [6.45, 7) is 0.639. The highest BCUT2D eigenvalue weighted by Gasteiger charge is 2.01. The van der Waals surface area contributed by atoms with Gasteiger partial charge in [-0.15, -0.1) is 0 Å². The van der Waals surface area contributed by atoms with Crippen LogP contribution in [0.15, 0.2) is 24.3 Å². The summed E-state index contributed by atoms with van der Waals surface area (Å²) in [5.41, 5.74) is 7.29. The summed E-state index contributed by atoms with van der Waals surface area (Å²) in [6.07, 6.45) is 0.856. The molecule has 0 spiro atoms. The van der Waals surface area contributed by atoms with E-state index in [9.17, 15) is 4.79 Å². The molecule has 13 heavy (non-hydrogen) atoms. The van der Waals surface area contributed by atoms with Crippen molar-refractivity contribution in [2.75, 3.05) is 12.3 Å². The Bertz CT molecular complexity index is 281. The molecule has 0 fully saturated rings. The van der Waals surface area contributed by atoms with Crippen molar-refractivity contribution >= 4 is 18.4 Å². The number of ketones is 1. The molecule has 0 aromatic heterocycles. The quantitative estimate of drug-likeness (QED) is 0.562. The number of benzene rings is 1. The zero-order chi connectivity index (χ0) is 9.68. The normalized spacial score (nSPS) is 10.0. The summed E-state index contributed by atoms with van der Waals surface area (Å²) in [5, 5.41) is 0. The monoisotopic (exact) mass is 195 g/mol. The molecule has 3 heteroatoms. The molecule has 1 aromatic carbocycles. The molecule has 0 aliphatic rings. The van der Waals surface area contributed by atoms with Crippen molar-refractivity contribution in [1.29, 1.82) is 0 Å². The van der Waals surface area contributed by atoms with Crippen LogP contribution in [0.25, 0.3) is 0 Å². The molecule has 1 rings (SSSR count). The first kappa shape index (κ1) is 10.3. The third-order valence-electron chi connectivity index (χ3n) is 1.85. The van der Waals surface area contributed by atoms with Gasteiger partial charge in [0.2, 0.25) is 0 Å². The fraction of sp³-hybridized carbons (Fsp3) is 0.300. The molecule has 0 saturated heterocycles. The van der Waals surface area contributed by atoms with Crippen LogP contribution in [-0.2, 0) is 6.42 Å². The molecule has 0 atom stereocenters. The molecule has 0 aliphatic heterocycles. The summed E-state index contributed by atoms with van der Waals surface area (Å²) < 4.78 is 0. The number of nitrogens with two attached hydrogens (primary N) is 1. The molecule has 0 bridgehead atoms. The van der Waals surface area contributed by atoms with Crippen LogP contribution in [0.2, 0.25) is 0 Å². The van der Waals surface area contributed by atoms with Gasteiger partial charge in [0.25, 0.3) is 0 Å². The lowest BCUT2D eigenvalue weighted by Crippen LogP contribution is -2.04. The second kappa shape index (κ2) is 5.04. The average molecular weight is 195 g/mol. The van der Waals surface area contributed by atoms with Gasteiger partial charge in [0.05, 0.1) is 5.75 Å². The molecule has 0 heterocycles. The number of rotatable bonds is 4. The Morgan fingerprint density at radius 2 is 1.92 bits per heavy atom. The van der Waals surface area contributed by atoms with Gasteiger partial charge in [0, 0.05) is 5.56 Å². The number of carbonyl (C=O) groups excluding carboxylic acids is 1. The minimum atomic E-state index is 0.0580. The first-order valence-corrected chi connectivity index (χ1v) is 4.84. The SMILES string of the molecule is NCCc1ccc(C(=O)CS)cc1. The second-order valence-corrected chi connectivity index (χ2v) is 3.13. The van der Waals surface area contributed by atoms with Crippen LogP contribution in [0.5, 0.6) is 0 Å². The lowest BCUT2D eigenvalue weighted by Gasteiger charge is -2.00. The number of hydrogen-bond acceptors (Lipinski definition) is 3. The van der Waals surface area contributed by atoms with Crippen molar-refractivity contribution in [2.45, 2.75) is 6.42 Å². The van der Waals surface area contributed by atoms with E-state index in [-0.39, 0.29) is 11.5 Å². The number of thiol groups is 1. The summed E-state index contributed by atoms with van der Waals surface area (Å²) in [5.74, 6) is 0.318. The zero-order valence-electron chi connectivity index (χ0n) is 7.36. The third kappa shape index (κ3) is 2.86. The molecule has 0 amide bonds. The molecular formula is C10H13NOS. The largest absolute Gasteiger partial charge is 0.330 e. The van der Waals surface area contributed by atoms with Gasteiger partial charge in [-0.1, -0.05) is 24.3 Å². The van der Waals surface area contributed by atoms with Gasteiger partial charge in [-0.3, -0.25) is 4.79 Å². The van der Waals surface area contributed by atoms with Gasteiger partial charge < -0.3 is 5.73 Å². The smallest absolute Gasteiger partial charge is 0.172 e. The Balaban J connectivity index is 2.75. The Labute approximate surface area is 83.5 Å². The number of carbonyl (C=O) groups is 1. The van der Waals surface area contributed by atoms with Crippen LogP contribution in [0, 0.1) is 0 Å². The highest BCUT2D eigenvalue weighted by atomic mass is 32.1. The summed E-state index contributed by atoms with van der Waals surface area (Å²) >= 11 is 3.92. The lowest BCUT2D eigenvalue weighted by atomic mass is 10.1. The Kier molecular flexibility index (Phi) is 3.99. The van der Waals surface area contributed by atoms with E-state index >= 15 is 0 Å². The van der Waals surface area contributed by atoms with Crippen molar-refractivity contribution in [3.63, 3.8) is 0 Å². The van der Waals surface area contributed by atoms with Gasteiger partial charge >= 0.3 is 0 Å². The first-order chi connectivity index (χ1) is 6.27. The van der Waals surface area contributed by atoms with E-state index in [4.69, 9.17) is 5.73 Å². The van der Waals surface area contributed by atoms with Gasteiger partial charge in [-0.25, -0.2) is 0 Å². The minimum Gasteiger partial charge on any atom is -0.330 e. The van der Waals surface area contributed by atoms with Crippen molar-refractivity contribution < 1.29 is 4.79 Å². The minimum absolute atomic E-state index is 0.0580. The van der Waals surface area contributed by atoms with E-state index in [0.29, 0.717) is 6.54 Å². The van der Waals surface area contributed by atoms with E-state index in [1.807, 2.05) is 24.3 Å². The van der Waals surface area contributed by atoms with Crippen molar-refractivity contribution in [2.24, 2.45) is 5.73 Å². The summed E-state index contributed by atoms with van der Waals surface area (Å²) in [7, 11) is 0. The Morgan fingerprint density at radius 1 is 1.31 bits per heavy atom. The zero-order valence-corrected chi connectivity index (χ0v) is 8.26. The summed E-state index contributed by atoms with van der Waals surface area (Å²) in [6, 6.07) is 7.51. The van der Waals surface area contributed by atoms with E-state index in [1.165, 1.54) is 5.56 Å². The molecule has 70 valence electrons. The van der Waals surface area contributed by atoms with E-state index in [2.05, 4.69) is 12.6 Å². The van der Waals surface area contributed by atoms with Gasteiger partial charge in [0.15, 0.2) is 5.78 Å². The predicted molar refractivity (Wildman–Crippen MR) is 57.4 cm³/mol. The van der Waals surface area contributed by atoms with Crippen LogP contribution in [-0.4, -0.2) is 18.1 Å². The lowest BCUT2D eigenvalue weighted by molar-refractivity contribution is 0.102. The molecule has 0 unspecified atom stereocenters. The number of Topliss-reactive ketones (excluding diaryl/α,β-unsaturated/α-hetero) is 1. The van der Waals surface area contributed by atoms with Crippen LogP contribution in [0.4, 0.5) is 0 Å². The fourth-order valence-electron chi connectivity index (χ4n) is 1.12. The molecule has 0 radical (unpaired) electrons. The van der Waals surface area contributed by atoms with Crippen LogP contribution < -0.4 is 5.73 Å². The second-order valence-electron chi connectivity index (χ2n) is 2.82. The van der Waals surface area contributed by atoms with Crippen molar-refractivity contribution in [3.05, 3.63) is 35.4 Å². The molecule has 0 aliphatic carbocycles. The Morgan fingerprint density at radius 3 is 2.38 bits per heavy atom. The maximum atomic E-state index is 11.2. The third-order valence-corrected chi connectivity index (χ3v) is 2.14. The first-order valence-electron chi connectivity index (χ1n) is 4.21.